The first kappa shape index (κ1) is 20.5. The highest BCUT2D eigenvalue weighted by Gasteiger charge is 2.27. The Morgan fingerprint density at radius 1 is 1.10 bits per heavy atom. The molecule has 10 heteroatoms. The van der Waals surface area contributed by atoms with Crippen LogP contribution in [0.15, 0.2) is 42.5 Å². The topological polar surface area (TPSA) is 147 Å². The maximum atomic E-state index is 13.1. The number of nitrogens with zero attached hydrogens (tertiary/aromatic N) is 3. The largest absolute Gasteiger partial charge is 0.497 e. The Morgan fingerprint density at radius 2 is 1.80 bits per heavy atom. The Bertz CT molecular complexity index is 1120. The number of nitrogens with two attached hydrogens (primary N) is 1. The minimum absolute atomic E-state index is 0.00330. The summed E-state index contributed by atoms with van der Waals surface area (Å²) in [5, 5.41) is 16.9. The summed E-state index contributed by atoms with van der Waals surface area (Å²) < 4.78 is 10.9. The third-order valence-corrected chi connectivity index (χ3v) is 4.36. The number of aromatic nitrogens is 3. The van der Waals surface area contributed by atoms with E-state index in [1.54, 1.807) is 24.3 Å². The van der Waals surface area contributed by atoms with Crippen LogP contribution in [-0.2, 0) is 11.3 Å². The van der Waals surface area contributed by atoms with Crippen molar-refractivity contribution in [1.29, 1.82) is 0 Å². The molecule has 0 amide bonds. The predicted octanol–water partition coefficient (Wildman–Crippen LogP) is 1.63. The van der Waals surface area contributed by atoms with Crippen molar-refractivity contribution in [3.8, 4) is 5.75 Å². The minimum Gasteiger partial charge on any atom is -0.497 e. The van der Waals surface area contributed by atoms with Crippen LogP contribution in [0.25, 0.3) is 0 Å². The van der Waals surface area contributed by atoms with Crippen LogP contribution in [0, 0.1) is 0 Å². The summed E-state index contributed by atoms with van der Waals surface area (Å²) in [5.41, 5.74) is 6.15. The van der Waals surface area contributed by atoms with Gasteiger partial charge in [0.25, 0.3) is 0 Å². The van der Waals surface area contributed by atoms with E-state index < -0.39 is 23.4 Å². The molecule has 2 aromatic carbocycles. The fourth-order valence-electron chi connectivity index (χ4n) is 2.84. The molecule has 0 spiro atoms. The zero-order valence-electron chi connectivity index (χ0n) is 16.2. The van der Waals surface area contributed by atoms with Crippen LogP contribution in [0.4, 0.5) is 5.69 Å². The fourth-order valence-corrected chi connectivity index (χ4v) is 2.84. The van der Waals surface area contributed by atoms with Crippen molar-refractivity contribution in [3.05, 3.63) is 70.5 Å². The molecule has 1 heterocycles. The number of nitrogen functional groups attached to an aromatic ring is 1. The van der Waals surface area contributed by atoms with Gasteiger partial charge in [-0.05, 0) is 35.9 Å². The molecule has 0 atom stereocenters. The van der Waals surface area contributed by atoms with Gasteiger partial charge in [-0.3, -0.25) is 4.79 Å². The van der Waals surface area contributed by atoms with E-state index in [1.807, 2.05) is 0 Å². The molecule has 10 nitrogen and oxygen atoms in total. The molecule has 154 valence electrons. The molecule has 1 aromatic heterocycles. The third kappa shape index (κ3) is 3.97. The van der Waals surface area contributed by atoms with Crippen LogP contribution in [0.1, 0.15) is 42.5 Å². The molecule has 0 unspecified atom stereocenters. The van der Waals surface area contributed by atoms with E-state index in [4.69, 9.17) is 10.5 Å². The second kappa shape index (κ2) is 8.43. The highest BCUT2D eigenvalue weighted by molar-refractivity contribution is 6.15. The first-order valence-corrected chi connectivity index (χ1v) is 8.68. The fraction of sp³-hybridized carbons (Fsp3) is 0.150. The lowest BCUT2D eigenvalue weighted by molar-refractivity contribution is 0.0599. The van der Waals surface area contributed by atoms with Crippen molar-refractivity contribution < 1.29 is 29.0 Å². The predicted molar refractivity (Wildman–Crippen MR) is 105 cm³/mol. The molecule has 0 bridgehead atoms. The molecule has 3 rings (SSSR count). The van der Waals surface area contributed by atoms with Crippen molar-refractivity contribution in [2.75, 3.05) is 20.0 Å². The second-order valence-electron chi connectivity index (χ2n) is 6.22. The van der Waals surface area contributed by atoms with E-state index in [1.165, 1.54) is 37.1 Å². The summed E-state index contributed by atoms with van der Waals surface area (Å²) in [6.07, 6.45) is 0. The lowest BCUT2D eigenvalue weighted by Gasteiger charge is -2.10. The number of esters is 1. The number of anilines is 1. The van der Waals surface area contributed by atoms with E-state index in [2.05, 4.69) is 15.0 Å². The number of carbonyl (C=O) groups excluding carboxylic acids is 2. The Balaban J connectivity index is 2.01. The smallest absolute Gasteiger partial charge is 0.358 e. The van der Waals surface area contributed by atoms with Crippen molar-refractivity contribution in [2.24, 2.45) is 0 Å². The number of ether oxygens (including phenoxy) is 2. The number of carboxylic acid groups (broad SMARTS) is 1. The van der Waals surface area contributed by atoms with Gasteiger partial charge in [0.05, 0.1) is 26.3 Å². The van der Waals surface area contributed by atoms with Crippen molar-refractivity contribution in [2.45, 2.75) is 6.54 Å². The van der Waals surface area contributed by atoms with Crippen molar-refractivity contribution in [3.63, 3.8) is 0 Å². The summed E-state index contributed by atoms with van der Waals surface area (Å²) in [6, 6.07) is 11.0. The second-order valence-corrected chi connectivity index (χ2v) is 6.22. The van der Waals surface area contributed by atoms with Crippen LogP contribution in [0.2, 0.25) is 0 Å². The Labute approximate surface area is 170 Å². The quantitative estimate of drug-likeness (QED) is 0.337. The molecular formula is C20H18N4O6. The monoisotopic (exact) mass is 410 g/mol. The molecular weight excluding hydrogens is 392 g/mol. The lowest BCUT2D eigenvalue weighted by Crippen LogP contribution is -2.17. The Kier molecular flexibility index (Phi) is 5.77. The van der Waals surface area contributed by atoms with E-state index in [-0.39, 0.29) is 29.1 Å². The van der Waals surface area contributed by atoms with Crippen molar-refractivity contribution >= 4 is 23.4 Å². The minimum atomic E-state index is -1.40. The third-order valence-electron chi connectivity index (χ3n) is 4.36. The molecule has 0 saturated carbocycles. The Hall–Kier alpha value is -4.21. The molecule has 0 saturated heterocycles. The summed E-state index contributed by atoms with van der Waals surface area (Å²) >= 11 is 0. The van der Waals surface area contributed by atoms with Gasteiger partial charge in [-0.25, -0.2) is 14.3 Å². The van der Waals surface area contributed by atoms with E-state index in [9.17, 15) is 19.5 Å². The number of hydrogen-bond acceptors (Lipinski definition) is 8. The van der Waals surface area contributed by atoms with Gasteiger partial charge in [0.2, 0.25) is 11.5 Å². The summed E-state index contributed by atoms with van der Waals surface area (Å²) in [6.45, 7) is 0.103. The van der Waals surface area contributed by atoms with Crippen LogP contribution in [0.5, 0.6) is 5.75 Å². The number of benzene rings is 2. The van der Waals surface area contributed by atoms with Gasteiger partial charge in [-0.1, -0.05) is 17.3 Å². The van der Waals surface area contributed by atoms with Gasteiger partial charge in [0, 0.05) is 11.3 Å². The standard InChI is InChI=1S/C20H18N4O6/c1-29-13-6-3-11(4-7-13)10-24-17(16(19(26)27)22-23-24)18(25)14-8-5-12(9-15(14)21)20(28)30-2/h3-9H,10,21H2,1-2H3,(H,26,27). The van der Waals surface area contributed by atoms with Gasteiger partial charge < -0.3 is 20.3 Å². The lowest BCUT2D eigenvalue weighted by atomic mass is 10.0. The van der Waals surface area contributed by atoms with Crippen LogP contribution in [-0.4, -0.2) is 52.0 Å². The molecule has 0 radical (unpaired) electrons. The number of carbonyl (C=O) groups is 3. The Morgan fingerprint density at radius 3 is 2.37 bits per heavy atom. The molecule has 0 fully saturated rings. The van der Waals surface area contributed by atoms with Gasteiger partial charge in [0.1, 0.15) is 11.4 Å². The van der Waals surface area contributed by atoms with Gasteiger partial charge in [-0.15, -0.1) is 5.10 Å². The first-order valence-electron chi connectivity index (χ1n) is 8.68. The number of rotatable bonds is 7. The van der Waals surface area contributed by atoms with Crippen LogP contribution < -0.4 is 10.5 Å². The van der Waals surface area contributed by atoms with Crippen LogP contribution in [0.3, 0.4) is 0 Å². The van der Waals surface area contributed by atoms with E-state index in [0.717, 1.165) is 5.56 Å². The summed E-state index contributed by atoms with van der Waals surface area (Å²) in [4.78, 5) is 36.4. The highest BCUT2D eigenvalue weighted by Crippen LogP contribution is 2.22. The number of carboxylic acids is 1. The zero-order chi connectivity index (χ0) is 21.8. The average molecular weight is 410 g/mol. The summed E-state index contributed by atoms with van der Waals surface area (Å²) in [7, 11) is 2.76. The van der Waals surface area contributed by atoms with Crippen LogP contribution >= 0.6 is 0 Å². The average Bonchev–Trinajstić information content (AvgIpc) is 3.17. The molecule has 3 N–H and O–H groups in total. The van der Waals surface area contributed by atoms with Gasteiger partial charge >= 0.3 is 11.9 Å². The molecule has 0 aliphatic rings. The van der Waals surface area contributed by atoms with E-state index in [0.29, 0.717) is 5.75 Å². The zero-order valence-corrected chi connectivity index (χ0v) is 16.2. The first-order chi connectivity index (χ1) is 14.3. The normalized spacial score (nSPS) is 10.5. The highest BCUT2D eigenvalue weighted by atomic mass is 16.5. The van der Waals surface area contributed by atoms with E-state index >= 15 is 0 Å². The molecule has 0 aliphatic carbocycles. The van der Waals surface area contributed by atoms with Gasteiger partial charge in [-0.2, -0.15) is 0 Å². The molecule has 0 aliphatic heterocycles. The molecule has 30 heavy (non-hydrogen) atoms. The van der Waals surface area contributed by atoms with Gasteiger partial charge in [0.15, 0.2) is 0 Å². The number of methoxy groups -OCH3 is 2. The number of aromatic carboxylic acids is 1. The summed E-state index contributed by atoms with van der Waals surface area (Å²) in [5.74, 6) is -2.04. The molecule has 3 aromatic rings. The number of ketones is 1. The maximum Gasteiger partial charge on any atom is 0.358 e. The van der Waals surface area contributed by atoms with Crippen molar-refractivity contribution in [1.82, 2.24) is 15.0 Å². The maximum absolute atomic E-state index is 13.1. The SMILES string of the molecule is COC(=O)c1ccc(C(=O)c2c(C(=O)O)nnn2Cc2ccc(OC)cc2)c(N)c1. The number of hydrogen-bond donors (Lipinski definition) is 2.